The summed E-state index contributed by atoms with van der Waals surface area (Å²) in [6.07, 6.45) is 3.18. The van der Waals surface area contributed by atoms with E-state index in [2.05, 4.69) is 5.32 Å². The Morgan fingerprint density at radius 3 is 2.59 bits per heavy atom. The fraction of sp³-hybridized carbons (Fsp3) is 0.700. The molecule has 1 N–H and O–H groups in total. The van der Waals surface area contributed by atoms with E-state index in [9.17, 15) is 9.36 Å². The number of cyclic esters (lactones) is 1. The first-order valence-corrected chi connectivity index (χ1v) is 7.30. The van der Waals surface area contributed by atoms with E-state index in [-0.39, 0.29) is 12.2 Å². The molecule has 1 heterocycles. The maximum absolute atomic E-state index is 12.0. The van der Waals surface area contributed by atoms with Crippen LogP contribution >= 0.6 is 7.60 Å². The molecule has 6 nitrogen and oxygen atoms in total. The van der Waals surface area contributed by atoms with Crippen LogP contribution in [0.15, 0.2) is 12.2 Å². The van der Waals surface area contributed by atoms with E-state index in [1.807, 2.05) is 0 Å². The number of alkyl carbamates (subject to hydrolysis) is 1. The van der Waals surface area contributed by atoms with E-state index < -0.39 is 13.7 Å². The van der Waals surface area contributed by atoms with Crippen LogP contribution in [0.2, 0.25) is 0 Å². The van der Waals surface area contributed by atoms with Crippen LogP contribution in [-0.4, -0.2) is 38.1 Å². The first-order chi connectivity index (χ1) is 8.09. The van der Waals surface area contributed by atoms with Crippen LogP contribution in [0, 0.1) is 0 Å². The Bertz CT molecular complexity index is 321. The third-order valence-corrected chi connectivity index (χ3v) is 4.01. The average molecular weight is 263 g/mol. The normalized spacial score (nSPS) is 20.6. The van der Waals surface area contributed by atoms with Gasteiger partial charge in [-0.25, -0.2) is 4.79 Å². The molecule has 1 amide bonds. The van der Waals surface area contributed by atoms with Crippen molar-refractivity contribution in [1.29, 1.82) is 0 Å². The highest BCUT2D eigenvalue weighted by molar-refractivity contribution is 7.54. The maximum atomic E-state index is 12.0. The van der Waals surface area contributed by atoms with E-state index in [4.69, 9.17) is 13.8 Å². The highest BCUT2D eigenvalue weighted by Gasteiger charge is 2.23. The van der Waals surface area contributed by atoms with Gasteiger partial charge in [0.05, 0.1) is 25.4 Å². The summed E-state index contributed by atoms with van der Waals surface area (Å²) >= 11 is 0. The largest absolute Gasteiger partial charge is 0.447 e. The monoisotopic (exact) mass is 263 g/mol. The minimum atomic E-state index is -3.03. The maximum Gasteiger partial charge on any atom is 0.407 e. The van der Waals surface area contributed by atoms with Gasteiger partial charge in [0.25, 0.3) is 0 Å². The third kappa shape index (κ3) is 4.89. The standard InChI is InChI=1S/C10H18NO5P/c1-3-15-17(13,16-4-2)7-5-6-9-8-14-10(12)11-9/h5-6,9H,3-4,7-8H2,1-2H3,(H,11,12)/b6-5+. The number of hydrogen-bond donors (Lipinski definition) is 1. The van der Waals surface area contributed by atoms with Crippen molar-refractivity contribution in [3.63, 3.8) is 0 Å². The summed E-state index contributed by atoms with van der Waals surface area (Å²) in [5, 5.41) is 2.58. The molecule has 1 unspecified atom stereocenters. The Hall–Kier alpha value is -0.840. The molecule has 0 spiro atoms. The van der Waals surface area contributed by atoms with Crippen molar-refractivity contribution >= 4 is 13.7 Å². The van der Waals surface area contributed by atoms with E-state index in [0.717, 1.165) is 0 Å². The Balaban J connectivity index is 2.43. The van der Waals surface area contributed by atoms with Gasteiger partial charge < -0.3 is 19.1 Å². The lowest BCUT2D eigenvalue weighted by Crippen LogP contribution is -2.23. The van der Waals surface area contributed by atoms with E-state index in [1.165, 1.54) is 0 Å². The van der Waals surface area contributed by atoms with Gasteiger partial charge in [-0.15, -0.1) is 0 Å². The predicted molar refractivity (Wildman–Crippen MR) is 63.1 cm³/mol. The summed E-state index contributed by atoms with van der Waals surface area (Å²) in [5.41, 5.74) is 0. The van der Waals surface area contributed by atoms with Gasteiger partial charge in [0, 0.05) is 0 Å². The molecular weight excluding hydrogens is 245 g/mol. The van der Waals surface area contributed by atoms with Gasteiger partial charge in [-0.05, 0) is 13.8 Å². The van der Waals surface area contributed by atoms with Crippen molar-refractivity contribution in [2.75, 3.05) is 26.0 Å². The van der Waals surface area contributed by atoms with Crippen LogP contribution in [0.5, 0.6) is 0 Å². The zero-order valence-electron chi connectivity index (χ0n) is 10.0. The van der Waals surface area contributed by atoms with Gasteiger partial charge in [-0.1, -0.05) is 12.2 Å². The lowest BCUT2D eigenvalue weighted by atomic mass is 10.3. The summed E-state index contributed by atoms with van der Waals surface area (Å²) in [6.45, 7) is 4.51. The summed E-state index contributed by atoms with van der Waals surface area (Å²) in [4.78, 5) is 10.7. The number of nitrogens with one attached hydrogen (secondary N) is 1. The summed E-state index contributed by atoms with van der Waals surface area (Å²) in [6, 6.07) is -0.167. The molecule has 0 bridgehead atoms. The third-order valence-electron chi connectivity index (χ3n) is 2.05. The molecule has 1 fully saturated rings. The molecule has 1 saturated heterocycles. The molecule has 0 aromatic heterocycles. The van der Waals surface area contributed by atoms with Gasteiger partial charge in [-0.2, -0.15) is 0 Å². The number of hydrogen-bond acceptors (Lipinski definition) is 5. The molecule has 1 rings (SSSR count). The van der Waals surface area contributed by atoms with E-state index in [1.54, 1.807) is 26.0 Å². The molecule has 17 heavy (non-hydrogen) atoms. The van der Waals surface area contributed by atoms with Gasteiger partial charge >= 0.3 is 13.7 Å². The van der Waals surface area contributed by atoms with Crippen molar-refractivity contribution in [2.45, 2.75) is 19.9 Å². The van der Waals surface area contributed by atoms with Crippen LogP contribution in [0.25, 0.3) is 0 Å². The number of amides is 1. The van der Waals surface area contributed by atoms with Crippen LogP contribution in [0.1, 0.15) is 13.8 Å². The second kappa shape index (κ2) is 6.79. The Kier molecular flexibility index (Phi) is 5.68. The van der Waals surface area contributed by atoms with Crippen molar-refractivity contribution < 1.29 is 23.1 Å². The Morgan fingerprint density at radius 2 is 2.12 bits per heavy atom. The number of carbonyl (C=O) groups excluding carboxylic acids is 1. The van der Waals surface area contributed by atoms with Crippen LogP contribution in [0.3, 0.4) is 0 Å². The molecule has 1 aliphatic heterocycles. The lowest BCUT2D eigenvalue weighted by molar-refractivity contribution is 0.177. The van der Waals surface area contributed by atoms with Gasteiger partial charge in [0.15, 0.2) is 0 Å². The summed E-state index contributed by atoms with van der Waals surface area (Å²) < 4.78 is 27.0. The quantitative estimate of drug-likeness (QED) is 0.561. The Morgan fingerprint density at radius 1 is 1.47 bits per heavy atom. The topological polar surface area (TPSA) is 73.9 Å². The fourth-order valence-electron chi connectivity index (χ4n) is 1.39. The average Bonchev–Trinajstić information content (AvgIpc) is 2.65. The smallest absolute Gasteiger partial charge is 0.407 e. The van der Waals surface area contributed by atoms with Gasteiger partial charge in [0.2, 0.25) is 0 Å². The minimum absolute atomic E-state index is 0.167. The van der Waals surface area contributed by atoms with E-state index in [0.29, 0.717) is 19.8 Å². The van der Waals surface area contributed by atoms with Crippen molar-refractivity contribution in [2.24, 2.45) is 0 Å². The van der Waals surface area contributed by atoms with Crippen molar-refractivity contribution in [1.82, 2.24) is 5.32 Å². The minimum Gasteiger partial charge on any atom is -0.447 e. The van der Waals surface area contributed by atoms with Crippen molar-refractivity contribution in [3.8, 4) is 0 Å². The number of allylic oxidation sites excluding steroid dienone is 1. The molecule has 0 radical (unpaired) electrons. The van der Waals surface area contributed by atoms with Gasteiger partial charge in [0.1, 0.15) is 6.61 Å². The molecule has 98 valence electrons. The van der Waals surface area contributed by atoms with Crippen LogP contribution in [0.4, 0.5) is 4.79 Å². The predicted octanol–water partition coefficient (Wildman–Crippen LogP) is 1.92. The number of carbonyl (C=O) groups is 1. The molecule has 0 saturated carbocycles. The Labute approximate surface area is 101 Å². The number of rotatable bonds is 7. The van der Waals surface area contributed by atoms with Crippen LogP contribution in [-0.2, 0) is 18.3 Å². The highest BCUT2D eigenvalue weighted by atomic mass is 31.2. The second-order valence-electron chi connectivity index (χ2n) is 3.41. The zero-order chi connectivity index (χ0) is 12.7. The fourth-order valence-corrected chi connectivity index (χ4v) is 2.85. The second-order valence-corrected chi connectivity index (χ2v) is 5.51. The molecule has 1 atom stereocenters. The SMILES string of the molecule is CCOP(=O)(C/C=C/C1COC(=O)N1)OCC. The first kappa shape index (κ1) is 14.2. The molecule has 0 aromatic carbocycles. The van der Waals surface area contributed by atoms with Crippen molar-refractivity contribution in [3.05, 3.63) is 12.2 Å². The highest BCUT2D eigenvalue weighted by Crippen LogP contribution is 2.47. The first-order valence-electron chi connectivity index (χ1n) is 5.57. The lowest BCUT2D eigenvalue weighted by Gasteiger charge is -2.14. The molecule has 0 aliphatic carbocycles. The van der Waals surface area contributed by atoms with E-state index >= 15 is 0 Å². The van der Waals surface area contributed by atoms with Crippen LogP contribution < -0.4 is 5.32 Å². The summed E-state index contributed by atoms with van der Waals surface area (Å²) in [7, 11) is -3.03. The molecule has 0 aromatic rings. The molecule has 1 aliphatic rings. The van der Waals surface area contributed by atoms with Gasteiger partial charge in [-0.3, -0.25) is 4.57 Å². The summed E-state index contributed by atoms with van der Waals surface area (Å²) in [5.74, 6) is 0. The molecular formula is C10H18NO5P. The number of ether oxygens (including phenoxy) is 1. The molecule has 7 heteroatoms. The zero-order valence-corrected chi connectivity index (χ0v) is 10.9.